The molecule has 1 aliphatic carbocycles. The van der Waals surface area contributed by atoms with Crippen molar-refractivity contribution in [3.05, 3.63) is 30.1 Å². The molecule has 1 saturated carbocycles. The molecule has 0 bridgehead atoms. The van der Waals surface area contributed by atoms with E-state index >= 15 is 0 Å². The molecular weight excluding hydrogens is 334 g/mol. The number of nitrogens with zero attached hydrogens (tertiary/aromatic N) is 2. The van der Waals surface area contributed by atoms with E-state index in [1.807, 2.05) is 4.90 Å². The van der Waals surface area contributed by atoms with E-state index in [1.54, 1.807) is 24.5 Å². The Labute approximate surface area is 152 Å². The third-order valence-corrected chi connectivity index (χ3v) is 5.44. The largest absolute Gasteiger partial charge is 0.480 e. The Morgan fingerprint density at radius 3 is 2.31 bits per heavy atom. The van der Waals surface area contributed by atoms with Crippen LogP contribution in [0.2, 0.25) is 0 Å². The highest BCUT2D eigenvalue weighted by atomic mass is 16.4. The highest BCUT2D eigenvalue weighted by Crippen LogP contribution is 2.30. The average Bonchev–Trinajstić information content (AvgIpc) is 2.60. The summed E-state index contributed by atoms with van der Waals surface area (Å²) in [6.07, 6.45) is 7.70. The summed E-state index contributed by atoms with van der Waals surface area (Å²) in [7, 11) is 0. The van der Waals surface area contributed by atoms with E-state index in [2.05, 4.69) is 10.3 Å². The normalized spacial score (nSPS) is 19.5. The van der Waals surface area contributed by atoms with Crippen LogP contribution in [0.25, 0.3) is 0 Å². The van der Waals surface area contributed by atoms with Crippen LogP contribution in [0.1, 0.15) is 37.7 Å². The van der Waals surface area contributed by atoms with E-state index in [-0.39, 0.29) is 30.1 Å². The molecule has 26 heavy (non-hydrogen) atoms. The lowest BCUT2D eigenvalue weighted by Gasteiger charge is -2.36. The monoisotopic (exact) mass is 359 g/mol. The average molecular weight is 359 g/mol. The number of piperidine rings is 1. The molecule has 140 valence electrons. The number of aliphatic carboxylic acids is 1. The van der Waals surface area contributed by atoms with Gasteiger partial charge in [0.15, 0.2) is 0 Å². The summed E-state index contributed by atoms with van der Waals surface area (Å²) in [5, 5.41) is 12.1. The van der Waals surface area contributed by atoms with Crippen LogP contribution in [0.3, 0.4) is 0 Å². The van der Waals surface area contributed by atoms with Crippen molar-refractivity contribution in [2.24, 2.45) is 11.8 Å². The number of hydrogen-bond acceptors (Lipinski definition) is 4. The lowest BCUT2D eigenvalue weighted by molar-refractivity contribution is -0.143. The second kappa shape index (κ2) is 8.29. The van der Waals surface area contributed by atoms with Crippen LogP contribution in [0.15, 0.2) is 24.5 Å². The van der Waals surface area contributed by atoms with Crippen LogP contribution >= 0.6 is 0 Å². The fourth-order valence-electron chi connectivity index (χ4n) is 3.52. The number of amides is 2. The first kappa shape index (κ1) is 18.4. The number of rotatable bonds is 6. The number of aromatic nitrogens is 1. The van der Waals surface area contributed by atoms with Gasteiger partial charge in [0, 0.05) is 43.7 Å². The second-order valence-electron chi connectivity index (χ2n) is 7.19. The number of hydrogen-bond donors (Lipinski definition) is 2. The Balaban J connectivity index is 1.50. The molecule has 1 aromatic rings. The first-order chi connectivity index (χ1) is 12.5. The zero-order valence-corrected chi connectivity index (χ0v) is 14.8. The molecule has 2 amide bonds. The van der Waals surface area contributed by atoms with Gasteiger partial charge in [-0.1, -0.05) is 6.42 Å². The highest BCUT2D eigenvalue weighted by Gasteiger charge is 2.34. The minimum Gasteiger partial charge on any atom is -0.480 e. The molecule has 2 fully saturated rings. The summed E-state index contributed by atoms with van der Waals surface area (Å²) in [6.45, 7) is 1.16. The lowest BCUT2D eigenvalue weighted by Crippen LogP contribution is -2.49. The van der Waals surface area contributed by atoms with Gasteiger partial charge in [-0.15, -0.1) is 0 Å². The molecule has 2 aliphatic rings. The Kier molecular flexibility index (Phi) is 5.85. The number of pyridine rings is 1. The Morgan fingerprint density at radius 2 is 1.77 bits per heavy atom. The number of carbonyl (C=O) groups is 3. The van der Waals surface area contributed by atoms with Crippen LogP contribution in [0.4, 0.5) is 0 Å². The Morgan fingerprint density at radius 1 is 1.12 bits per heavy atom. The van der Waals surface area contributed by atoms with Gasteiger partial charge in [-0.2, -0.15) is 0 Å². The molecule has 0 unspecified atom stereocenters. The van der Waals surface area contributed by atoms with E-state index in [0.29, 0.717) is 25.9 Å². The summed E-state index contributed by atoms with van der Waals surface area (Å²) < 4.78 is 0. The fraction of sp³-hybridized carbons (Fsp3) is 0.579. The molecular formula is C19H25N3O4. The third kappa shape index (κ3) is 4.39. The molecule has 0 aromatic carbocycles. The SMILES string of the molecule is O=C(N[C@@H](Cc1ccncc1)C(=O)O)C1CCN(C(=O)C2CCC2)CC1. The molecule has 0 radical (unpaired) electrons. The maximum Gasteiger partial charge on any atom is 0.326 e. The third-order valence-electron chi connectivity index (χ3n) is 5.44. The topological polar surface area (TPSA) is 99.6 Å². The summed E-state index contributed by atoms with van der Waals surface area (Å²) in [5.74, 6) is -1.12. The summed E-state index contributed by atoms with van der Waals surface area (Å²) in [5.41, 5.74) is 0.814. The number of nitrogens with one attached hydrogen (secondary N) is 1. The van der Waals surface area contributed by atoms with Crippen LogP contribution in [0, 0.1) is 11.8 Å². The molecule has 1 saturated heterocycles. The zero-order valence-electron chi connectivity index (χ0n) is 14.8. The van der Waals surface area contributed by atoms with E-state index in [0.717, 1.165) is 24.8 Å². The van der Waals surface area contributed by atoms with Gasteiger partial charge in [0.05, 0.1) is 0 Å². The standard InChI is InChI=1S/C19H25N3O4/c23-17(21-16(19(25)26)12-13-4-8-20-9-5-13)14-6-10-22(11-7-14)18(24)15-2-1-3-15/h4-5,8-9,14-16H,1-3,6-7,10-12H2,(H,21,23)(H,25,26)/t16-/m0/s1. The molecule has 0 spiro atoms. The van der Waals surface area contributed by atoms with Crippen molar-refractivity contribution in [2.45, 2.75) is 44.6 Å². The minimum absolute atomic E-state index is 0.178. The van der Waals surface area contributed by atoms with Gasteiger partial charge in [-0.05, 0) is 43.4 Å². The van der Waals surface area contributed by atoms with Gasteiger partial charge >= 0.3 is 5.97 Å². The second-order valence-corrected chi connectivity index (χ2v) is 7.19. The number of likely N-dealkylation sites (tertiary alicyclic amines) is 1. The van der Waals surface area contributed by atoms with Crippen molar-refractivity contribution in [3.8, 4) is 0 Å². The molecule has 2 heterocycles. The van der Waals surface area contributed by atoms with E-state index in [9.17, 15) is 19.5 Å². The molecule has 2 N–H and O–H groups in total. The van der Waals surface area contributed by atoms with Crippen LogP contribution in [0.5, 0.6) is 0 Å². The van der Waals surface area contributed by atoms with Crippen LogP contribution in [-0.2, 0) is 20.8 Å². The molecule has 1 aliphatic heterocycles. The van der Waals surface area contributed by atoms with Crippen molar-refractivity contribution in [1.82, 2.24) is 15.2 Å². The van der Waals surface area contributed by atoms with Crippen molar-refractivity contribution in [3.63, 3.8) is 0 Å². The minimum atomic E-state index is -1.05. The van der Waals surface area contributed by atoms with Crippen LogP contribution < -0.4 is 5.32 Å². The van der Waals surface area contributed by atoms with Gasteiger partial charge in [-0.25, -0.2) is 4.79 Å². The first-order valence-electron chi connectivity index (χ1n) is 9.25. The summed E-state index contributed by atoms with van der Waals surface area (Å²) in [6, 6.07) is 2.53. The maximum absolute atomic E-state index is 12.5. The molecule has 7 heteroatoms. The quantitative estimate of drug-likeness (QED) is 0.796. The highest BCUT2D eigenvalue weighted by molar-refractivity contribution is 5.85. The Bertz CT molecular complexity index is 652. The lowest BCUT2D eigenvalue weighted by atomic mass is 9.83. The maximum atomic E-state index is 12.5. The Hall–Kier alpha value is -2.44. The summed E-state index contributed by atoms with van der Waals surface area (Å²) in [4.78, 5) is 42.0. The van der Waals surface area contributed by atoms with Gasteiger partial charge in [0.25, 0.3) is 0 Å². The van der Waals surface area contributed by atoms with Crippen molar-refractivity contribution >= 4 is 17.8 Å². The van der Waals surface area contributed by atoms with E-state index in [4.69, 9.17) is 0 Å². The number of carboxylic acids is 1. The molecule has 1 aromatic heterocycles. The smallest absolute Gasteiger partial charge is 0.326 e. The van der Waals surface area contributed by atoms with Gasteiger partial charge < -0.3 is 15.3 Å². The van der Waals surface area contributed by atoms with E-state index < -0.39 is 12.0 Å². The van der Waals surface area contributed by atoms with Crippen molar-refractivity contribution in [2.75, 3.05) is 13.1 Å². The molecule has 7 nitrogen and oxygen atoms in total. The van der Waals surface area contributed by atoms with Crippen molar-refractivity contribution in [1.29, 1.82) is 0 Å². The van der Waals surface area contributed by atoms with Gasteiger partial charge in [-0.3, -0.25) is 14.6 Å². The predicted molar refractivity (Wildman–Crippen MR) is 94.2 cm³/mol. The van der Waals surface area contributed by atoms with E-state index in [1.165, 1.54) is 0 Å². The fourth-order valence-corrected chi connectivity index (χ4v) is 3.52. The molecule has 3 rings (SSSR count). The predicted octanol–water partition coefficient (Wildman–Crippen LogP) is 1.23. The van der Waals surface area contributed by atoms with Gasteiger partial charge in [0.2, 0.25) is 11.8 Å². The van der Waals surface area contributed by atoms with Crippen molar-refractivity contribution < 1.29 is 19.5 Å². The van der Waals surface area contributed by atoms with Crippen LogP contribution in [-0.4, -0.2) is 51.9 Å². The summed E-state index contributed by atoms with van der Waals surface area (Å²) >= 11 is 0. The number of carbonyl (C=O) groups excluding carboxylic acids is 2. The first-order valence-corrected chi connectivity index (χ1v) is 9.25. The zero-order chi connectivity index (χ0) is 18.5. The number of carboxylic acid groups (broad SMARTS) is 1. The van der Waals surface area contributed by atoms with Gasteiger partial charge in [0.1, 0.15) is 6.04 Å². The molecule has 1 atom stereocenters.